The fourth-order valence-electron chi connectivity index (χ4n) is 2.89. The summed E-state index contributed by atoms with van der Waals surface area (Å²) in [6, 6.07) is 11.5. The van der Waals surface area contributed by atoms with E-state index in [4.69, 9.17) is 4.74 Å². The molecular formula is C21H21BrN4O4. The van der Waals surface area contributed by atoms with Crippen LogP contribution in [0, 0.1) is 30.9 Å². The smallest absolute Gasteiger partial charge is 0.275 e. The molecule has 1 aromatic heterocycles. The third-order valence-electron chi connectivity index (χ3n) is 4.49. The zero-order valence-corrected chi connectivity index (χ0v) is 18.4. The number of halogens is 1. The molecular weight excluding hydrogens is 452 g/mol. The second-order valence-corrected chi connectivity index (χ2v) is 7.69. The molecule has 1 heterocycles. The minimum atomic E-state index is -0.523. The highest BCUT2D eigenvalue weighted by molar-refractivity contribution is 9.10. The number of amides is 1. The zero-order valence-electron chi connectivity index (χ0n) is 16.8. The van der Waals surface area contributed by atoms with E-state index in [1.54, 1.807) is 22.9 Å². The number of benzene rings is 2. The summed E-state index contributed by atoms with van der Waals surface area (Å²) in [7, 11) is 0. The largest absolute Gasteiger partial charge is 0.457 e. The Morgan fingerprint density at radius 3 is 2.47 bits per heavy atom. The maximum absolute atomic E-state index is 12.4. The van der Waals surface area contributed by atoms with Crippen molar-refractivity contribution in [2.75, 3.05) is 5.32 Å². The van der Waals surface area contributed by atoms with E-state index in [9.17, 15) is 14.9 Å². The van der Waals surface area contributed by atoms with Crippen LogP contribution in [0.25, 0.3) is 0 Å². The van der Waals surface area contributed by atoms with Gasteiger partial charge in [-0.15, -0.1) is 0 Å². The minimum absolute atomic E-state index is 0.169. The fraction of sp³-hybridized carbons (Fsp3) is 0.238. The van der Waals surface area contributed by atoms with Gasteiger partial charge in [-0.1, -0.05) is 17.7 Å². The second-order valence-electron chi connectivity index (χ2n) is 6.89. The normalized spacial score (nSPS) is 10.7. The van der Waals surface area contributed by atoms with E-state index in [-0.39, 0.29) is 23.8 Å². The van der Waals surface area contributed by atoms with Gasteiger partial charge in [-0.2, -0.15) is 5.10 Å². The minimum Gasteiger partial charge on any atom is -0.457 e. The van der Waals surface area contributed by atoms with Crippen LogP contribution in [0.1, 0.15) is 23.4 Å². The quantitative estimate of drug-likeness (QED) is 0.371. The SMILES string of the molecule is Cc1ccc(Oc2cc(NC(=O)CCn3nc(C)c(Br)c3C)cc([N+](=O)[O-])c2)cc1. The molecule has 156 valence electrons. The van der Waals surface area contributed by atoms with Gasteiger partial charge >= 0.3 is 0 Å². The molecule has 3 aromatic rings. The Bertz CT molecular complexity index is 1090. The first kappa shape index (κ1) is 21.5. The fourth-order valence-corrected chi connectivity index (χ4v) is 3.17. The van der Waals surface area contributed by atoms with E-state index in [1.165, 1.54) is 12.1 Å². The van der Waals surface area contributed by atoms with Gasteiger partial charge in [0.2, 0.25) is 5.91 Å². The number of nitro benzene ring substituents is 1. The number of non-ortho nitro benzene ring substituents is 1. The summed E-state index contributed by atoms with van der Waals surface area (Å²) in [6.45, 7) is 6.14. The Hall–Kier alpha value is -3.20. The van der Waals surface area contributed by atoms with Gasteiger partial charge in [-0.25, -0.2) is 0 Å². The highest BCUT2D eigenvalue weighted by Gasteiger charge is 2.14. The number of hydrogen-bond acceptors (Lipinski definition) is 5. The van der Waals surface area contributed by atoms with Gasteiger partial charge in [0.1, 0.15) is 11.5 Å². The number of carbonyl (C=O) groups excluding carboxylic acids is 1. The summed E-state index contributed by atoms with van der Waals surface area (Å²) in [6.07, 6.45) is 0.172. The molecule has 0 fully saturated rings. The molecule has 0 unspecified atom stereocenters. The van der Waals surface area contributed by atoms with Crippen LogP contribution < -0.4 is 10.1 Å². The van der Waals surface area contributed by atoms with Crippen molar-refractivity contribution in [1.29, 1.82) is 0 Å². The van der Waals surface area contributed by atoms with Crippen molar-refractivity contribution in [3.63, 3.8) is 0 Å². The van der Waals surface area contributed by atoms with Gasteiger partial charge in [0, 0.05) is 24.2 Å². The van der Waals surface area contributed by atoms with Crippen molar-refractivity contribution in [2.45, 2.75) is 33.7 Å². The van der Waals surface area contributed by atoms with Gasteiger partial charge in [-0.05, 0) is 48.8 Å². The number of hydrogen-bond donors (Lipinski definition) is 1. The third-order valence-corrected chi connectivity index (χ3v) is 5.63. The lowest BCUT2D eigenvalue weighted by molar-refractivity contribution is -0.384. The monoisotopic (exact) mass is 472 g/mol. The lowest BCUT2D eigenvalue weighted by Gasteiger charge is -2.10. The van der Waals surface area contributed by atoms with Crippen molar-refractivity contribution in [3.05, 3.63) is 74.0 Å². The van der Waals surface area contributed by atoms with Crippen LogP contribution in [-0.2, 0) is 11.3 Å². The number of aromatic nitrogens is 2. The molecule has 0 aliphatic carbocycles. The van der Waals surface area contributed by atoms with Gasteiger partial charge < -0.3 is 10.1 Å². The van der Waals surface area contributed by atoms with Gasteiger partial charge in [0.15, 0.2) is 0 Å². The first-order chi connectivity index (χ1) is 14.2. The lowest BCUT2D eigenvalue weighted by Crippen LogP contribution is -2.15. The van der Waals surface area contributed by atoms with E-state index in [0.717, 1.165) is 21.4 Å². The van der Waals surface area contributed by atoms with Gasteiger partial charge in [0.05, 0.1) is 33.4 Å². The Kier molecular flexibility index (Phi) is 6.51. The number of anilines is 1. The molecule has 8 nitrogen and oxygen atoms in total. The Morgan fingerprint density at radius 2 is 1.87 bits per heavy atom. The molecule has 1 N–H and O–H groups in total. The molecule has 0 atom stereocenters. The van der Waals surface area contributed by atoms with Gasteiger partial charge in [-0.3, -0.25) is 19.6 Å². The number of carbonyl (C=O) groups is 1. The molecule has 1 amide bonds. The number of ether oxygens (including phenoxy) is 1. The van der Waals surface area contributed by atoms with E-state index in [2.05, 4.69) is 26.3 Å². The summed E-state index contributed by atoms with van der Waals surface area (Å²) < 4.78 is 8.40. The van der Waals surface area contributed by atoms with E-state index in [0.29, 0.717) is 18.0 Å². The molecule has 0 aliphatic rings. The van der Waals surface area contributed by atoms with Crippen LogP contribution in [0.5, 0.6) is 11.5 Å². The average molecular weight is 473 g/mol. The average Bonchev–Trinajstić information content (AvgIpc) is 2.94. The van der Waals surface area contributed by atoms with Crippen molar-refractivity contribution < 1.29 is 14.5 Å². The number of nitrogens with one attached hydrogen (secondary N) is 1. The summed E-state index contributed by atoms with van der Waals surface area (Å²) in [4.78, 5) is 23.2. The van der Waals surface area contributed by atoms with Crippen LogP contribution >= 0.6 is 15.9 Å². The number of rotatable bonds is 7. The number of nitrogens with zero attached hydrogens (tertiary/aromatic N) is 3. The lowest BCUT2D eigenvalue weighted by atomic mass is 10.2. The van der Waals surface area contributed by atoms with Crippen molar-refractivity contribution in [1.82, 2.24) is 9.78 Å². The van der Waals surface area contributed by atoms with Crippen LogP contribution in [0.2, 0.25) is 0 Å². The van der Waals surface area contributed by atoms with E-state index >= 15 is 0 Å². The zero-order chi connectivity index (χ0) is 21.8. The molecule has 0 saturated carbocycles. The van der Waals surface area contributed by atoms with Crippen LogP contribution in [-0.4, -0.2) is 20.6 Å². The maximum atomic E-state index is 12.4. The summed E-state index contributed by atoms with van der Waals surface area (Å²) >= 11 is 3.46. The van der Waals surface area contributed by atoms with Crippen molar-refractivity contribution in [2.24, 2.45) is 0 Å². The topological polar surface area (TPSA) is 99.3 Å². The van der Waals surface area contributed by atoms with Crippen LogP contribution in [0.3, 0.4) is 0 Å². The molecule has 0 radical (unpaired) electrons. The first-order valence-corrected chi connectivity index (χ1v) is 10.1. The molecule has 0 saturated heterocycles. The number of nitro groups is 1. The number of aryl methyl sites for hydroxylation is 3. The molecule has 9 heteroatoms. The molecule has 0 spiro atoms. The summed E-state index contributed by atoms with van der Waals surface area (Å²) in [5, 5.41) is 18.4. The first-order valence-electron chi connectivity index (χ1n) is 9.26. The maximum Gasteiger partial charge on any atom is 0.275 e. The van der Waals surface area contributed by atoms with Crippen LogP contribution in [0.4, 0.5) is 11.4 Å². The Labute approximate surface area is 182 Å². The summed E-state index contributed by atoms with van der Waals surface area (Å²) in [5.74, 6) is 0.541. The molecule has 30 heavy (non-hydrogen) atoms. The van der Waals surface area contributed by atoms with Gasteiger partial charge in [0.25, 0.3) is 5.69 Å². The van der Waals surface area contributed by atoms with Crippen LogP contribution in [0.15, 0.2) is 46.9 Å². The molecule has 0 bridgehead atoms. The Balaban J connectivity index is 1.72. The molecule has 2 aromatic carbocycles. The van der Waals surface area contributed by atoms with E-state index in [1.807, 2.05) is 32.9 Å². The predicted molar refractivity (Wildman–Crippen MR) is 117 cm³/mol. The second kappa shape index (κ2) is 9.08. The molecule has 3 rings (SSSR count). The van der Waals surface area contributed by atoms with E-state index < -0.39 is 4.92 Å². The Morgan fingerprint density at radius 1 is 1.17 bits per heavy atom. The van der Waals surface area contributed by atoms with Crippen molar-refractivity contribution >= 4 is 33.2 Å². The standard InChI is InChI=1S/C21H21BrN4O4/c1-13-4-6-18(7-5-13)30-19-11-16(10-17(12-19)26(28)29)23-20(27)8-9-25-15(3)21(22)14(2)24-25/h4-7,10-12H,8-9H2,1-3H3,(H,23,27). The summed E-state index contributed by atoms with van der Waals surface area (Å²) in [5.41, 5.74) is 2.99. The third kappa shape index (κ3) is 5.24. The highest BCUT2D eigenvalue weighted by atomic mass is 79.9. The van der Waals surface area contributed by atoms with Crippen molar-refractivity contribution in [3.8, 4) is 11.5 Å². The predicted octanol–water partition coefficient (Wildman–Crippen LogP) is 5.30. The highest BCUT2D eigenvalue weighted by Crippen LogP contribution is 2.30. The molecule has 0 aliphatic heterocycles.